The molecule has 0 unspecified atom stereocenters. The van der Waals surface area contributed by atoms with Crippen molar-refractivity contribution in [2.75, 3.05) is 43.8 Å². The van der Waals surface area contributed by atoms with Crippen molar-refractivity contribution in [3.63, 3.8) is 0 Å². The van der Waals surface area contributed by atoms with Crippen LogP contribution in [0, 0.1) is 13.8 Å². The van der Waals surface area contributed by atoms with Gasteiger partial charge in [-0.2, -0.15) is 0 Å². The molecular formula is C19H23BrN4O3S. The van der Waals surface area contributed by atoms with E-state index in [0.29, 0.717) is 43.5 Å². The molecule has 0 bridgehead atoms. The maximum Gasteiger partial charge on any atom is 0.239 e. The number of hydrogen-bond acceptors (Lipinski definition) is 6. The number of hydrogen-bond donors (Lipinski definition) is 1. The molecule has 1 saturated heterocycles. The molecule has 1 fully saturated rings. The Labute approximate surface area is 176 Å². The monoisotopic (exact) mass is 466 g/mol. The topological polar surface area (TPSA) is 78.7 Å². The van der Waals surface area contributed by atoms with Crippen LogP contribution in [-0.2, 0) is 9.59 Å². The molecule has 3 rings (SSSR count). The highest BCUT2D eigenvalue weighted by Crippen LogP contribution is 2.25. The number of amides is 2. The second-order valence-corrected chi connectivity index (χ2v) is 8.66. The van der Waals surface area contributed by atoms with E-state index >= 15 is 0 Å². The molecule has 7 nitrogen and oxygen atoms in total. The number of carbonyl (C=O) groups excluding carboxylic acids is 2. The van der Waals surface area contributed by atoms with E-state index in [2.05, 4.69) is 32.5 Å². The molecule has 1 aromatic heterocycles. The van der Waals surface area contributed by atoms with Crippen molar-refractivity contribution in [3.05, 3.63) is 40.1 Å². The Morgan fingerprint density at radius 3 is 2.61 bits per heavy atom. The van der Waals surface area contributed by atoms with Crippen LogP contribution < -0.4 is 5.32 Å². The largest absolute Gasteiger partial charge is 0.360 e. The standard InChI is InChI=1S/C19H23BrN4O3S/c1-13-9-15(20)3-4-16(13)28-12-19(26)24-7-5-23(6-8-24)11-18(25)21-17-10-14(2)27-22-17/h3-4,9-10H,5-8,11-12H2,1-2H3,(H,21,22,25). The van der Waals surface area contributed by atoms with Gasteiger partial charge in [0.25, 0.3) is 0 Å². The lowest BCUT2D eigenvalue weighted by Crippen LogP contribution is -2.50. The number of piperazine rings is 1. The molecule has 28 heavy (non-hydrogen) atoms. The molecule has 9 heteroatoms. The lowest BCUT2D eigenvalue weighted by atomic mass is 10.2. The molecule has 0 spiro atoms. The summed E-state index contributed by atoms with van der Waals surface area (Å²) >= 11 is 5.02. The summed E-state index contributed by atoms with van der Waals surface area (Å²) < 4.78 is 5.98. The highest BCUT2D eigenvalue weighted by Gasteiger charge is 2.22. The SMILES string of the molecule is Cc1cc(NC(=O)CN2CCN(C(=O)CSc3ccc(Br)cc3C)CC2)no1. The first-order valence-corrected chi connectivity index (χ1v) is 10.8. The first-order chi connectivity index (χ1) is 13.4. The van der Waals surface area contributed by atoms with E-state index in [1.165, 1.54) is 0 Å². The molecule has 1 aliphatic rings. The summed E-state index contributed by atoms with van der Waals surface area (Å²) in [6.07, 6.45) is 0. The van der Waals surface area contributed by atoms with Crippen LogP contribution in [0.1, 0.15) is 11.3 Å². The van der Waals surface area contributed by atoms with Crippen molar-refractivity contribution in [1.82, 2.24) is 15.0 Å². The van der Waals surface area contributed by atoms with Gasteiger partial charge in [0.15, 0.2) is 5.82 Å². The summed E-state index contributed by atoms with van der Waals surface area (Å²) in [4.78, 5) is 29.6. The van der Waals surface area contributed by atoms with Gasteiger partial charge in [0.1, 0.15) is 5.76 Å². The Morgan fingerprint density at radius 2 is 1.96 bits per heavy atom. The third kappa shape index (κ3) is 5.83. The van der Waals surface area contributed by atoms with Crippen molar-refractivity contribution in [3.8, 4) is 0 Å². The number of carbonyl (C=O) groups is 2. The number of rotatable bonds is 6. The lowest BCUT2D eigenvalue weighted by Gasteiger charge is -2.34. The number of anilines is 1. The Hall–Kier alpha value is -1.84. The Kier molecular flexibility index (Phi) is 7.14. The zero-order valence-corrected chi connectivity index (χ0v) is 18.3. The Bertz CT molecular complexity index is 849. The number of nitrogens with one attached hydrogen (secondary N) is 1. The maximum atomic E-state index is 12.5. The molecule has 1 aromatic carbocycles. The molecular weight excluding hydrogens is 444 g/mol. The summed E-state index contributed by atoms with van der Waals surface area (Å²) in [5.74, 6) is 1.51. The van der Waals surface area contributed by atoms with E-state index in [-0.39, 0.29) is 18.4 Å². The van der Waals surface area contributed by atoms with Crippen molar-refractivity contribution >= 4 is 45.3 Å². The molecule has 0 radical (unpaired) electrons. The second-order valence-electron chi connectivity index (χ2n) is 6.73. The third-order valence-electron chi connectivity index (χ3n) is 4.48. The highest BCUT2D eigenvalue weighted by atomic mass is 79.9. The van der Waals surface area contributed by atoms with Crippen LogP contribution in [-0.4, -0.2) is 65.2 Å². The zero-order chi connectivity index (χ0) is 20.1. The van der Waals surface area contributed by atoms with Crippen LogP contribution in [0.5, 0.6) is 0 Å². The normalized spacial score (nSPS) is 14.9. The van der Waals surface area contributed by atoms with Crippen LogP contribution in [0.15, 0.2) is 38.2 Å². The highest BCUT2D eigenvalue weighted by molar-refractivity contribution is 9.10. The number of nitrogens with zero attached hydrogens (tertiary/aromatic N) is 3. The minimum atomic E-state index is -0.130. The summed E-state index contributed by atoms with van der Waals surface area (Å²) in [7, 11) is 0. The molecule has 0 saturated carbocycles. The molecule has 1 aliphatic heterocycles. The molecule has 2 aromatic rings. The molecule has 2 heterocycles. The minimum Gasteiger partial charge on any atom is -0.360 e. The van der Waals surface area contributed by atoms with E-state index in [0.717, 1.165) is 14.9 Å². The molecule has 2 amide bonds. The summed E-state index contributed by atoms with van der Waals surface area (Å²) in [6.45, 7) is 6.72. The van der Waals surface area contributed by atoms with Gasteiger partial charge in [-0.05, 0) is 37.6 Å². The number of aryl methyl sites for hydroxylation is 2. The first kappa shape index (κ1) is 20.9. The van der Waals surface area contributed by atoms with Crippen LogP contribution in [0.25, 0.3) is 0 Å². The minimum absolute atomic E-state index is 0.130. The van der Waals surface area contributed by atoms with Crippen LogP contribution in [0.3, 0.4) is 0 Å². The van der Waals surface area contributed by atoms with E-state index in [1.54, 1.807) is 24.8 Å². The fourth-order valence-electron chi connectivity index (χ4n) is 2.97. The van der Waals surface area contributed by atoms with Gasteiger partial charge < -0.3 is 14.7 Å². The summed E-state index contributed by atoms with van der Waals surface area (Å²) in [5.41, 5.74) is 1.16. The predicted octanol–water partition coefficient (Wildman–Crippen LogP) is 2.93. The van der Waals surface area contributed by atoms with Crippen LogP contribution in [0.2, 0.25) is 0 Å². The Morgan fingerprint density at radius 1 is 1.21 bits per heavy atom. The summed E-state index contributed by atoms with van der Waals surface area (Å²) in [6, 6.07) is 7.75. The third-order valence-corrected chi connectivity index (χ3v) is 6.13. The molecule has 150 valence electrons. The van der Waals surface area contributed by atoms with Gasteiger partial charge in [0.05, 0.1) is 12.3 Å². The van der Waals surface area contributed by atoms with Gasteiger partial charge in [-0.3, -0.25) is 14.5 Å². The first-order valence-electron chi connectivity index (χ1n) is 9.03. The quantitative estimate of drug-likeness (QED) is 0.659. The molecule has 0 aliphatic carbocycles. The van der Waals surface area contributed by atoms with Gasteiger partial charge in [0.2, 0.25) is 11.8 Å². The average molecular weight is 467 g/mol. The van der Waals surface area contributed by atoms with Gasteiger partial charge in [-0.1, -0.05) is 21.1 Å². The van der Waals surface area contributed by atoms with E-state index < -0.39 is 0 Å². The van der Waals surface area contributed by atoms with E-state index in [9.17, 15) is 9.59 Å². The smallest absolute Gasteiger partial charge is 0.239 e. The van der Waals surface area contributed by atoms with E-state index in [4.69, 9.17) is 4.52 Å². The number of thioether (sulfide) groups is 1. The van der Waals surface area contributed by atoms with E-state index in [1.807, 2.05) is 28.9 Å². The van der Waals surface area contributed by atoms with Crippen molar-refractivity contribution in [2.45, 2.75) is 18.7 Å². The number of halogens is 1. The lowest BCUT2D eigenvalue weighted by molar-refractivity contribution is -0.130. The van der Waals surface area contributed by atoms with Gasteiger partial charge in [0, 0.05) is 41.6 Å². The Balaban J connectivity index is 1.40. The average Bonchev–Trinajstić information content (AvgIpc) is 3.06. The maximum absolute atomic E-state index is 12.5. The van der Waals surface area contributed by atoms with Crippen molar-refractivity contribution in [2.24, 2.45) is 0 Å². The van der Waals surface area contributed by atoms with Gasteiger partial charge in [-0.15, -0.1) is 11.8 Å². The van der Waals surface area contributed by atoms with Crippen LogP contribution in [0.4, 0.5) is 5.82 Å². The van der Waals surface area contributed by atoms with Crippen molar-refractivity contribution < 1.29 is 14.1 Å². The number of benzene rings is 1. The fourth-order valence-corrected chi connectivity index (χ4v) is 4.36. The molecule has 0 atom stereocenters. The zero-order valence-electron chi connectivity index (χ0n) is 15.9. The predicted molar refractivity (Wildman–Crippen MR) is 112 cm³/mol. The summed E-state index contributed by atoms with van der Waals surface area (Å²) in [5, 5.41) is 6.48. The molecule has 1 N–H and O–H groups in total. The second kappa shape index (κ2) is 9.58. The van der Waals surface area contributed by atoms with Crippen LogP contribution >= 0.6 is 27.7 Å². The number of aromatic nitrogens is 1. The van der Waals surface area contributed by atoms with Gasteiger partial charge in [-0.25, -0.2) is 0 Å². The van der Waals surface area contributed by atoms with Crippen molar-refractivity contribution in [1.29, 1.82) is 0 Å². The fraction of sp³-hybridized carbons (Fsp3) is 0.421. The van der Waals surface area contributed by atoms with Gasteiger partial charge >= 0.3 is 0 Å².